The number of ether oxygens (including phenoxy) is 1. The van der Waals surface area contributed by atoms with Gasteiger partial charge in [0.15, 0.2) is 6.29 Å². The largest absolute Gasteiger partial charge is 0.371 e. The topological polar surface area (TPSA) is 26.3 Å². The fourth-order valence-corrected chi connectivity index (χ4v) is 0.968. The van der Waals surface area contributed by atoms with Crippen LogP contribution in [0.4, 0.5) is 0 Å². The Morgan fingerprint density at radius 2 is 2.22 bits per heavy atom. The first-order valence-corrected chi connectivity index (χ1v) is 3.24. The van der Waals surface area contributed by atoms with Gasteiger partial charge in [0, 0.05) is 7.11 Å². The van der Waals surface area contributed by atoms with Crippen molar-refractivity contribution in [3.8, 4) is 0 Å². The van der Waals surface area contributed by atoms with E-state index in [0.717, 1.165) is 19.1 Å². The van der Waals surface area contributed by atoms with Gasteiger partial charge in [-0.25, -0.2) is 0 Å². The van der Waals surface area contributed by atoms with Gasteiger partial charge in [-0.1, -0.05) is 0 Å². The van der Waals surface area contributed by atoms with Crippen molar-refractivity contribution in [2.24, 2.45) is 5.92 Å². The predicted octanol–water partition coefficient (Wildman–Crippen LogP) is 1.00. The number of hydrogen-bond acceptors (Lipinski definition) is 2. The summed E-state index contributed by atoms with van der Waals surface area (Å²) in [5, 5.41) is 0. The van der Waals surface area contributed by atoms with E-state index in [1.807, 2.05) is 6.92 Å². The van der Waals surface area contributed by atoms with Gasteiger partial charge < -0.3 is 9.53 Å². The average Bonchev–Trinajstić information content (AvgIpc) is 2.68. The Bertz CT molecular complexity index is 118. The average molecular weight is 128 g/mol. The van der Waals surface area contributed by atoms with Gasteiger partial charge in [0.05, 0.1) is 0 Å². The number of carbonyl (C=O) groups is 1. The maximum absolute atomic E-state index is 10.4. The molecule has 1 saturated carbocycles. The Morgan fingerprint density at radius 1 is 1.67 bits per heavy atom. The van der Waals surface area contributed by atoms with Crippen molar-refractivity contribution >= 4 is 6.29 Å². The molecule has 0 saturated heterocycles. The molecule has 0 aromatic heterocycles. The van der Waals surface area contributed by atoms with Gasteiger partial charge in [0.25, 0.3) is 0 Å². The Labute approximate surface area is 55.2 Å². The Kier molecular flexibility index (Phi) is 1.58. The monoisotopic (exact) mass is 128 g/mol. The van der Waals surface area contributed by atoms with E-state index in [1.54, 1.807) is 7.11 Å². The summed E-state index contributed by atoms with van der Waals surface area (Å²) in [6.45, 7) is 1.84. The lowest BCUT2D eigenvalue weighted by Crippen LogP contribution is -2.31. The fourth-order valence-electron chi connectivity index (χ4n) is 0.968. The molecule has 1 fully saturated rings. The van der Waals surface area contributed by atoms with E-state index in [4.69, 9.17) is 4.74 Å². The molecular weight excluding hydrogens is 116 g/mol. The molecule has 0 aromatic carbocycles. The molecule has 1 aliphatic rings. The summed E-state index contributed by atoms with van der Waals surface area (Å²) in [4.78, 5) is 10.4. The molecule has 9 heavy (non-hydrogen) atoms. The van der Waals surface area contributed by atoms with Crippen molar-refractivity contribution in [3.63, 3.8) is 0 Å². The summed E-state index contributed by atoms with van der Waals surface area (Å²) in [6.07, 6.45) is 3.19. The molecular formula is C7H12O2. The van der Waals surface area contributed by atoms with Crippen LogP contribution in [0.15, 0.2) is 0 Å². The van der Waals surface area contributed by atoms with Crippen LogP contribution >= 0.6 is 0 Å². The summed E-state index contributed by atoms with van der Waals surface area (Å²) in [5.74, 6) is 0.486. The Balaban J connectivity index is 2.53. The molecule has 2 heteroatoms. The third-order valence-electron chi connectivity index (χ3n) is 2.06. The van der Waals surface area contributed by atoms with E-state index in [2.05, 4.69) is 0 Å². The van der Waals surface area contributed by atoms with Gasteiger partial charge >= 0.3 is 0 Å². The second kappa shape index (κ2) is 2.10. The van der Waals surface area contributed by atoms with Gasteiger partial charge in [0.1, 0.15) is 5.60 Å². The van der Waals surface area contributed by atoms with E-state index in [0.29, 0.717) is 5.92 Å². The van der Waals surface area contributed by atoms with Gasteiger partial charge in [-0.2, -0.15) is 0 Å². The Hall–Kier alpha value is -0.370. The summed E-state index contributed by atoms with van der Waals surface area (Å²) in [6, 6.07) is 0. The van der Waals surface area contributed by atoms with Crippen molar-refractivity contribution in [1.29, 1.82) is 0 Å². The zero-order valence-corrected chi connectivity index (χ0v) is 5.89. The molecule has 2 nitrogen and oxygen atoms in total. The van der Waals surface area contributed by atoms with E-state index < -0.39 is 5.60 Å². The quantitative estimate of drug-likeness (QED) is 0.530. The van der Waals surface area contributed by atoms with Gasteiger partial charge in [0.2, 0.25) is 0 Å². The van der Waals surface area contributed by atoms with E-state index in [9.17, 15) is 4.79 Å². The van der Waals surface area contributed by atoms with Crippen molar-refractivity contribution in [3.05, 3.63) is 0 Å². The summed E-state index contributed by atoms with van der Waals surface area (Å²) < 4.78 is 5.04. The summed E-state index contributed by atoms with van der Waals surface area (Å²) in [7, 11) is 1.59. The first-order valence-electron chi connectivity index (χ1n) is 3.24. The first kappa shape index (κ1) is 6.75. The summed E-state index contributed by atoms with van der Waals surface area (Å²) >= 11 is 0. The lowest BCUT2D eigenvalue weighted by molar-refractivity contribution is -0.127. The molecule has 1 aliphatic carbocycles. The van der Waals surface area contributed by atoms with Crippen LogP contribution in [0.2, 0.25) is 0 Å². The molecule has 0 spiro atoms. The van der Waals surface area contributed by atoms with E-state index >= 15 is 0 Å². The van der Waals surface area contributed by atoms with Gasteiger partial charge in [-0.3, -0.25) is 0 Å². The fraction of sp³-hybridized carbons (Fsp3) is 0.857. The van der Waals surface area contributed by atoms with Crippen molar-refractivity contribution in [2.45, 2.75) is 25.4 Å². The normalized spacial score (nSPS) is 25.1. The zero-order valence-electron chi connectivity index (χ0n) is 5.89. The van der Waals surface area contributed by atoms with Crippen LogP contribution in [-0.4, -0.2) is 19.0 Å². The maximum atomic E-state index is 10.4. The zero-order chi connectivity index (χ0) is 6.91. The van der Waals surface area contributed by atoms with Crippen LogP contribution in [0.5, 0.6) is 0 Å². The highest BCUT2D eigenvalue weighted by Gasteiger charge is 2.41. The highest BCUT2D eigenvalue weighted by atomic mass is 16.5. The van der Waals surface area contributed by atoms with Crippen LogP contribution < -0.4 is 0 Å². The number of carbonyl (C=O) groups excluding carboxylic acids is 1. The van der Waals surface area contributed by atoms with E-state index in [-0.39, 0.29) is 0 Å². The molecule has 0 amide bonds. The van der Waals surface area contributed by atoms with Crippen LogP contribution in [0.3, 0.4) is 0 Å². The molecule has 0 heterocycles. The Morgan fingerprint density at radius 3 is 2.33 bits per heavy atom. The minimum absolute atomic E-state index is 0.486. The standard InChI is InChI=1S/C7H12O2/c1-7(5-8,9-2)6-3-4-6/h5-6H,3-4H2,1-2H3/t7-/m0/s1. The molecule has 1 rings (SSSR count). The lowest BCUT2D eigenvalue weighted by atomic mass is 10.0. The highest BCUT2D eigenvalue weighted by molar-refractivity contribution is 5.63. The minimum atomic E-state index is -0.486. The van der Waals surface area contributed by atoms with Crippen molar-refractivity contribution in [2.75, 3.05) is 7.11 Å². The molecule has 0 radical (unpaired) electrons. The lowest BCUT2D eigenvalue weighted by Gasteiger charge is -2.19. The summed E-state index contributed by atoms with van der Waals surface area (Å²) in [5.41, 5.74) is -0.486. The predicted molar refractivity (Wildman–Crippen MR) is 34.2 cm³/mol. The molecule has 52 valence electrons. The smallest absolute Gasteiger partial charge is 0.151 e. The first-order chi connectivity index (χ1) is 4.23. The molecule has 1 atom stereocenters. The van der Waals surface area contributed by atoms with Gasteiger partial charge in [-0.05, 0) is 25.7 Å². The third-order valence-corrected chi connectivity index (χ3v) is 2.06. The molecule has 0 N–H and O–H groups in total. The van der Waals surface area contributed by atoms with Crippen LogP contribution in [-0.2, 0) is 9.53 Å². The van der Waals surface area contributed by atoms with Crippen LogP contribution in [0, 0.1) is 5.92 Å². The van der Waals surface area contributed by atoms with Crippen molar-refractivity contribution in [1.82, 2.24) is 0 Å². The van der Waals surface area contributed by atoms with Crippen molar-refractivity contribution < 1.29 is 9.53 Å². The molecule has 0 unspecified atom stereocenters. The minimum Gasteiger partial charge on any atom is -0.371 e. The molecule has 0 bridgehead atoms. The van der Waals surface area contributed by atoms with Crippen LogP contribution in [0.1, 0.15) is 19.8 Å². The SMILES string of the molecule is CO[C@@](C)(C=O)C1CC1. The third kappa shape index (κ3) is 1.13. The maximum Gasteiger partial charge on any atom is 0.151 e. The number of hydrogen-bond donors (Lipinski definition) is 0. The number of rotatable bonds is 3. The molecule has 0 aliphatic heterocycles. The number of aldehydes is 1. The van der Waals surface area contributed by atoms with Crippen LogP contribution in [0.25, 0.3) is 0 Å². The van der Waals surface area contributed by atoms with Gasteiger partial charge in [-0.15, -0.1) is 0 Å². The number of methoxy groups -OCH3 is 1. The second-order valence-corrected chi connectivity index (χ2v) is 2.78. The second-order valence-electron chi connectivity index (χ2n) is 2.78. The highest BCUT2D eigenvalue weighted by Crippen LogP contribution is 2.40. The van der Waals surface area contributed by atoms with E-state index in [1.165, 1.54) is 0 Å². The molecule has 0 aromatic rings.